The summed E-state index contributed by atoms with van der Waals surface area (Å²) in [6, 6.07) is 20.8. The van der Waals surface area contributed by atoms with Crippen molar-refractivity contribution in [2.45, 2.75) is 19.9 Å². The molecule has 2 heterocycles. The molecule has 10 heteroatoms. The van der Waals surface area contributed by atoms with Gasteiger partial charge in [0.25, 0.3) is 11.5 Å². The first-order valence-corrected chi connectivity index (χ1v) is 15.4. The first kappa shape index (κ1) is 30.1. The summed E-state index contributed by atoms with van der Waals surface area (Å²) in [7, 11) is 3.46. The average molecular weight is 625 g/mol. The Hall–Kier alpha value is -4.96. The van der Waals surface area contributed by atoms with Crippen LogP contribution in [-0.2, 0) is 0 Å². The Morgan fingerprint density at radius 1 is 0.956 bits per heavy atom. The fourth-order valence-electron chi connectivity index (χ4n) is 5.70. The Labute approximate surface area is 262 Å². The molecule has 4 aromatic carbocycles. The number of halogens is 2. The van der Waals surface area contributed by atoms with Crippen LogP contribution < -0.4 is 15.2 Å². The molecule has 0 unspecified atom stereocenters. The summed E-state index contributed by atoms with van der Waals surface area (Å²) in [6.07, 6.45) is 1.94. The third-order valence-electron chi connectivity index (χ3n) is 8.11. The van der Waals surface area contributed by atoms with Gasteiger partial charge >= 0.3 is 0 Å². The largest absolute Gasteiger partial charge is 0.455 e. The number of rotatable bonds is 7. The molecule has 1 amide bonds. The van der Waals surface area contributed by atoms with Crippen LogP contribution >= 0.6 is 11.9 Å². The van der Waals surface area contributed by atoms with Crippen LogP contribution in [0.2, 0.25) is 0 Å². The molecule has 0 bridgehead atoms. The topological polar surface area (TPSA) is 80.4 Å². The lowest BCUT2D eigenvalue weighted by Gasteiger charge is -2.21. The van der Waals surface area contributed by atoms with Crippen molar-refractivity contribution in [2.75, 3.05) is 24.7 Å². The molecule has 0 aliphatic rings. The summed E-state index contributed by atoms with van der Waals surface area (Å²) < 4.78 is 37.2. The van der Waals surface area contributed by atoms with Gasteiger partial charge in [0.1, 0.15) is 28.8 Å². The normalized spacial score (nSPS) is 12.1. The van der Waals surface area contributed by atoms with Gasteiger partial charge in [-0.25, -0.2) is 13.8 Å². The molecular formula is C35H30F2N4O3S. The number of anilines is 1. The minimum atomic E-state index is -0.394. The van der Waals surface area contributed by atoms with Crippen LogP contribution in [0.25, 0.3) is 44.3 Å². The van der Waals surface area contributed by atoms with E-state index in [2.05, 4.69) is 5.32 Å². The highest BCUT2D eigenvalue weighted by Gasteiger charge is 2.25. The maximum atomic E-state index is 14.0. The first-order chi connectivity index (χ1) is 21.6. The number of benzene rings is 4. The van der Waals surface area contributed by atoms with E-state index in [1.807, 2.05) is 54.9 Å². The lowest BCUT2D eigenvalue weighted by atomic mass is 9.97. The van der Waals surface area contributed by atoms with E-state index in [1.165, 1.54) is 36.2 Å². The molecule has 0 fully saturated rings. The van der Waals surface area contributed by atoms with Crippen molar-refractivity contribution >= 4 is 45.4 Å². The molecule has 6 aromatic rings. The van der Waals surface area contributed by atoms with Gasteiger partial charge in [0.2, 0.25) is 0 Å². The monoisotopic (exact) mass is 624 g/mol. The molecule has 7 nitrogen and oxygen atoms in total. The van der Waals surface area contributed by atoms with Crippen molar-refractivity contribution in [3.8, 4) is 22.5 Å². The number of nitrogens with one attached hydrogen (secondary N) is 1. The molecule has 0 radical (unpaired) electrons. The molecular weight excluding hydrogens is 594 g/mol. The Balaban J connectivity index is 1.58. The highest BCUT2D eigenvalue weighted by Crippen LogP contribution is 2.42. The lowest BCUT2D eigenvalue weighted by molar-refractivity contribution is 0.0964. The molecule has 0 aliphatic carbocycles. The number of hydrogen-bond donors (Lipinski definition) is 1. The minimum absolute atomic E-state index is 0.218. The maximum Gasteiger partial charge on any atom is 0.261 e. The van der Waals surface area contributed by atoms with Crippen LogP contribution in [0.4, 0.5) is 14.5 Å². The van der Waals surface area contributed by atoms with Crippen molar-refractivity contribution in [1.29, 1.82) is 0 Å². The zero-order chi connectivity index (χ0) is 32.0. The van der Waals surface area contributed by atoms with Gasteiger partial charge in [-0.05, 0) is 79.6 Å². The minimum Gasteiger partial charge on any atom is -0.455 e. The molecule has 0 aliphatic heterocycles. The predicted molar refractivity (Wildman–Crippen MR) is 177 cm³/mol. The van der Waals surface area contributed by atoms with E-state index in [0.717, 1.165) is 22.4 Å². The molecule has 6 rings (SSSR count). The molecule has 228 valence electrons. The van der Waals surface area contributed by atoms with Crippen LogP contribution in [0, 0.1) is 18.6 Å². The van der Waals surface area contributed by atoms with Crippen molar-refractivity contribution in [3.63, 3.8) is 0 Å². The van der Waals surface area contributed by atoms with Gasteiger partial charge in [-0.15, -0.1) is 0 Å². The highest BCUT2D eigenvalue weighted by molar-refractivity contribution is 7.99. The van der Waals surface area contributed by atoms with Gasteiger partial charge in [0.05, 0.1) is 28.2 Å². The summed E-state index contributed by atoms with van der Waals surface area (Å²) in [4.78, 5) is 32.0. The van der Waals surface area contributed by atoms with E-state index in [-0.39, 0.29) is 23.3 Å². The summed E-state index contributed by atoms with van der Waals surface area (Å²) in [5.41, 5.74) is 4.82. The third kappa shape index (κ3) is 5.35. The number of nitrogens with zero attached hydrogens (tertiary/aromatic N) is 3. The lowest BCUT2D eigenvalue weighted by Crippen LogP contribution is -2.27. The van der Waals surface area contributed by atoms with Crippen molar-refractivity contribution in [3.05, 3.63) is 118 Å². The second-order valence-electron chi connectivity index (χ2n) is 10.7. The number of carbonyl (C=O) groups excluding carboxylic acids is 1. The SMILES string of the molecule is CNC(=O)c1c(-c2ccc(F)cc2)oc2cc(N(C)SC)c(-c3ccc4nc(C)n([C@H](C)c5ccc(F)cc5)c(=O)c4c3)cc12. The Morgan fingerprint density at radius 3 is 2.24 bits per heavy atom. The number of aromatic nitrogens is 2. The average Bonchev–Trinajstić information content (AvgIpc) is 3.42. The molecule has 45 heavy (non-hydrogen) atoms. The molecule has 1 atom stereocenters. The van der Waals surface area contributed by atoms with Crippen molar-refractivity contribution in [1.82, 2.24) is 14.9 Å². The number of aryl methyl sites for hydroxylation is 1. The third-order valence-corrected chi connectivity index (χ3v) is 8.85. The molecule has 0 spiro atoms. The van der Waals surface area contributed by atoms with E-state index in [1.54, 1.807) is 42.8 Å². The number of amides is 1. The van der Waals surface area contributed by atoms with Gasteiger partial charge in [-0.2, -0.15) is 0 Å². The van der Waals surface area contributed by atoms with E-state index >= 15 is 0 Å². The molecule has 2 aromatic heterocycles. The smallest absolute Gasteiger partial charge is 0.261 e. The van der Waals surface area contributed by atoms with Crippen LogP contribution in [-0.4, -0.2) is 35.8 Å². The van der Waals surface area contributed by atoms with E-state index < -0.39 is 5.82 Å². The van der Waals surface area contributed by atoms with E-state index in [9.17, 15) is 18.4 Å². The van der Waals surface area contributed by atoms with Crippen molar-refractivity contribution in [2.24, 2.45) is 0 Å². The summed E-state index contributed by atoms with van der Waals surface area (Å²) >= 11 is 1.49. The fourth-order valence-corrected chi connectivity index (χ4v) is 6.05. The van der Waals surface area contributed by atoms with E-state index in [0.29, 0.717) is 44.6 Å². The quantitative estimate of drug-likeness (QED) is 0.183. The Morgan fingerprint density at radius 2 is 1.60 bits per heavy atom. The molecule has 0 saturated heterocycles. The second kappa shape index (κ2) is 11.9. The van der Waals surface area contributed by atoms with Gasteiger partial charge in [-0.3, -0.25) is 14.2 Å². The highest BCUT2D eigenvalue weighted by atomic mass is 32.2. The molecule has 1 N–H and O–H groups in total. The summed E-state index contributed by atoms with van der Waals surface area (Å²) in [6.45, 7) is 3.67. The second-order valence-corrected chi connectivity index (χ2v) is 11.6. The first-order valence-electron chi connectivity index (χ1n) is 14.3. The predicted octanol–water partition coefficient (Wildman–Crippen LogP) is 7.75. The standard InChI is InChI=1S/C35H30F2N4O3S/c1-19(21-6-11-24(36)12-7-21)41-20(2)39-29-15-10-23(16-27(29)35(41)43)26-17-28-31(18-30(26)40(4)45-5)44-33(32(28)34(42)38-3)22-8-13-25(37)14-9-22/h6-19H,1-5H3,(H,38,42)/t19-/m1/s1. The van der Waals surface area contributed by atoms with Gasteiger partial charge in [-0.1, -0.05) is 30.1 Å². The number of hydrogen-bond acceptors (Lipinski definition) is 6. The van der Waals surface area contributed by atoms with Gasteiger partial charge in [0.15, 0.2) is 0 Å². The van der Waals surface area contributed by atoms with Gasteiger partial charge < -0.3 is 14.0 Å². The molecule has 0 saturated carbocycles. The Kier molecular flexibility index (Phi) is 7.92. The van der Waals surface area contributed by atoms with Crippen molar-refractivity contribution < 1.29 is 18.0 Å². The van der Waals surface area contributed by atoms with Gasteiger partial charge in [0, 0.05) is 42.9 Å². The number of furan rings is 1. The van der Waals surface area contributed by atoms with E-state index in [4.69, 9.17) is 9.40 Å². The Bertz CT molecular complexity index is 2140. The van der Waals surface area contributed by atoms with Crippen LogP contribution in [0.3, 0.4) is 0 Å². The maximum absolute atomic E-state index is 14.0. The zero-order valence-corrected chi connectivity index (χ0v) is 26.1. The fraction of sp³-hybridized carbons (Fsp3) is 0.171. The van der Waals surface area contributed by atoms with Crippen LogP contribution in [0.15, 0.2) is 88.1 Å². The number of fused-ring (bicyclic) bond motifs is 2. The van der Waals surface area contributed by atoms with Crippen LogP contribution in [0.1, 0.15) is 34.7 Å². The zero-order valence-electron chi connectivity index (χ0n) is 25.3. The summed E-state index contributed by atoms with van der Waals surface area (Å²) in [5.74, 6) is -0.213. The number of carbonyl (C=O) groups is 1. The summed E-state index contributed by atoms with van der Waals surface area (Å²) in [5, 5.41) is 3.70. The van der Waals surface area contributed by atoms with Crippen LogP contribution in [0.5, 0.6) is 0 Å².